The lowest BCUT2D eigenvalue weighted by atomic mass is 10.2. The highest BCUT2D eigenvalue weighted by atomic mass is 16.3. The van der Waals surface area contributed by atoms with Crippen LogP contribution in [-0.2, 0) is 0 Å². The van der Waals surface area contributed by atoms with Gasteiger partial charge in [0.1, 0.15) is 5.82 Å². The van der Waals surface area contributed by atoms with Gasteiger partial charge in [-0.25, -0.2) is 4.98 Å². The van der Waals surface area contributed by atoms with E-state index >= 15 is 0 Å². The predicted molar refractivity (Wildman–Crippen MR) is 66.7 cm³/mol. The van der Waals surface area contributed by atoms with Crippen molar-refractivity contribution in [2.24, 2.45) is 0 Å². The number of aromatic nitrogens is 1. The Balaban J connectivity index is 2.37. The van der Waals surface area contributed by atoms with Crippen LogP contribution in [0.25, 0.3) is 10.9 Å². The number of rotatable bonds is 4. The summed E-state index contributed by atoms with van der Waals surface area (Å²) in [5, 5.41) is 10.1. The Morgan fingerprint density at radius 2 is 2.00 bits per heavy atom. The summed E-state index contributed by atoms with van der Waals surface area (Å²) >= 11 is 0. The van der Waals surface area contributed by atoms with Crippen LogP contribution in [-0.4, -0.2) is 29.8 Å². The first-order valence-corrected chi connectivity index (χ1v) is 5.56. The minimum absolute atomic E-state index is 0.155. The molecule has 16 heavy (non-hydrogen) atoms. The number of nitrogens with zero attached hydrogens (tertiary/aromatic N) is 2. The van der Waals surface area contributed by atoms with Crippen LogP contribution in [0.3, 0.4) is 0 Å². The smallest absolute Gasteiger partial charge is 0.129 e. The summed E-state index contributed by atoms with van der Waals surface area (Å²) in [6, 6.07) is 12.1. The molecule has 0 aliphatic rings. The van der Waals surface area contributed by atoms with E-state index in [9.17, 15) is 0 Å². The molecule has 0 radical (unpaired) electrons. The number of fused-ring (bicyclic) bond motifs is 1. The second-order valence-corrected chi connectivity index (χ2v) is 3.67. The quantitative estimate of drug-likeness (QED) is 0.849. The number of aliphatic hydroxyl groups excluding tert-OH is 1. The Morgan fingerprint density at radius 3 is 2.75 bits per heavy atom. The summed E-state index contributed by atoms with van der Waals surface area (Å²) < 4.78 is 0. The fraction of sp³-hybridized carbons (Fsp3) is 0.308. The summed E-state index contributed by atoms with van der Waals surface area (Å²) in [5.74, 6) is 0.926. The third kappa shape index (κ3) is 2.14. The van der Waals surface area contributed by atoms with E-state index in [-0.39, 0.29) is 6.61 Å². The second-order valence-electron chi connectivity index (χ2n) is 3.67. The molecule has 3 heteroatoms. The van der Waals surface area contributed by atoms with Gasteiger partial charge >= 0.3 is 0 Å². The molecule has 0 saturated carbocycles. The van der Waals surface area contributed by atoms with Gasteiger partial charge in [0, 0.05) is 18.5 Å². The van der Waals surface area contributed by atoms with Crippen LogP contribution in [0, 0.1) is 0 Å². The Kier molecular flexibility index (Phi) is 3.37. The number of para-hydroxylation sites is 1. The van der Waals surface area contributed by atoms with Crippen molar-refractivity contribution in [2.45, 2.75) is 6.92 Å². The molecule has 1 aromatic carbocycles. The molecule has 0 saturated heterocycles. The molecule has 0 spiro atoms. The van der Waals surface area contributed by atoms with Gasteiger partial charge in [0.15, 0.2) is 0 Å². The summed E-state index contributed by atoms with van der Waals surface area (Å²) in [4.78, 5) is 6.64. The molecule has 84 valence electrons. The maximum Gasteiger partial charge on any atom is 0.129 e. The maximum absolute atomic E-state index is 8.97. The van der Waals surface area contributed by atoms with E-state index in [1.807, 2.05) is 24.3 Å². The van der Waals surface area contributed by atoms with Crippen LogP contribution in [0.4, 0.5) is 5.82 Å². The fourth-order valence-corrected chi connectivity index (χ4v) is 1.79. The Morgan fingerprint density at radius 1 is 1.19 bits per heavy atom. The first-order valence-electron chi connectivity index (χ1n) is 5.56. The summed E-state index contributed by atoms with van der Waals surface area (Å²) in [6.07, 6.45) is 0. The third-order valence-electron chi connectivity index (χ3n) is 2.66. The van der Waals surface area contributed by atoms with Crippen molar-refractivity contribution in [3.05, 3.63) is 36.4 Å². The first kappa shape index (κ1) is 10.9. The zero-order valence-corrected chi connectivity index (χ0v) is 9.43. The van der Waals surface area contributed by atoms with E-state index in [2.05, 4.69) is 28.9 Å². The Labute approximate surface area is 95.3 Å². The lowest BCUT2D eigenvalue weighted by Crippen LogP contribution is -2.26. The van der Waals surface area contributed by atoms with Gasteiger partial charge in [-0.05, 0) is 25.1 Å². The van der Waals surface area contributed by atoms with Gasteiger partial charge in [-0.2, -0.15) is 0 Å². The van der Waals surface area contributed by atoms with Gasteiger partial charge in [0.2, 0.25) is 0 Å². The number of aliphatic hydroxyl groups is 1. The Hall–Kier alpha value is -1.61. The van der Waals surface area contributed by atoms with Gasteiger partial charge in [0.25, 0.3) is 0 Å². The molecule has 3 nitrogen and oxygen atoms in total. The lowest BCUT2D eigenvalue weighted by molar-refractivity contribution is 0.302. The molecule has 0 unspecified atom stereocenters. The van der Waals surface area contributed by atoms with Gasteiger partial charge in [-0.3, -0.25) is 0 Å². The van der Waals surface area contributed by atoms with Crippen molar-refractivity contribution in [1.82, 2.24) is 4.98 Å². The topological polar surface area (TPSA) is 36.4 Å². The molecule has 0 fully saturated rings. The molecule has 0 amide bonds. The van der Waals surface area contributed by atoms with E-state index in [0.717, 1.165) is 23.3 Å². The summed E-state index contributed by atoms with van der Waals surface area (Å²) in [5.41, 5.74) is 0.997. The zero-order valence-electron chi connectivity index (χ0n) is 9.43. The van der Waals surface area contributed by atoms with Gasteiger partial charge < -0.3 is 10.0 Å². The van der Waals surface area contributed by atoms with Crippen LogP contribution >= 0.6 is 0 Å². The predicted octanol–water partition coefficient (Wildman–Crippen LogP) is 2.05. The summed E-state index contributed by atoms with van der Waals surface area (Å²) in [6.45, 7) is 3.70. The largest absolute Gasteiger partial charge is 0.395 e. The van der Waals surface area contributed by atoms with E-state index in [4.69, 9.17) is 5.11 Å². The second kappa shape index (κ2) is 4.94. The van der Waals surface area contributed by atoms with E-state index in [0.29, 0.717) is 6.54 Å². The highest BCUT2D eigenvalue weighted by molar-refractivity contribution is 5.80. The maximum atomic E-state index is 8.97. The fourth-order valence-electron chi connectivity index (χ4n) is 1.79. The zero-order chi connectivity index (χ0) is 11.4. The molecular formula is C13H16N2O. The molecule has 2 rings (SSSR count). The van der Waals surface area contributed by atoms with Gasteiger partial charge in [-0.1, -0.05) is 18.2 Å². The third-order valence-corrected chi connectivity index (χ3v) is 2.66. The van der Waals surface area contributed by atoms with Crippen molar-refractivity contribution in [2.75, 3.05) is 24.6 Å². The van der Waals surface area contributed by atoms with E-state index in [1.165, 1.54) is 0 Å². The van der Waals surface area contributed by atoms with Crippen molar-refractivity contribution in [3.63, 3.8) is 0 Å². The molecule has 1 aromatic heterocycles. The molecule has 0 bridgehead atoms. The Bertz CT molecular complexity index is 470. The number of hydrogen-bond acceptors (Lipinski definition) is 3. The van der Waals surface area contributed by atoms with Crippen molar-refractivity contribution < 1.29 is 5.11 Å². The number of hydrogen-bond donors (Lipinski definition) is 1. The van der Waals surface area contributed by atoms with Gasteiger partial charge in [-0.15, -0.1) is 0 Å². The van der Waals surface area contributed by atoms with Crippen LogP contribution in [0.5, 0.6) is 0 Å². The molecule has 1 heterocycles. The van der Waals surface area contributed by atoms with E-state index < -0.39 is 0 Å². The van der Waals surface area contributed by atoms with Crippen LogP contribution < -0.4 is 4.90 Å². The van der Waals surface area contributed by atoms with Crippen LogP contribution in [0.2, 0.25) is 0 Å². The lowest BCUT2D eigenvalue weighted by Gasteiger charge is -2.20. The van der Waals surface area contributed by atoms with Crippen molar-refractivity contribution >= 4 is 16.7 Å². The number of anilines is 1. The number of pyridine rings is 1. The highest BCUT2D eigenvalue weighted by Gasteiger charge is 2.05. The molecule has 0 aliphatic heterocycles. The monoisotopic (exact) mass is 216 g/mol. The van der Waals surface area contributed by atoms with Crippen LogP contribution in [0.15, 0.2) is 36.4 Å². The minimum Gasteiger partial charge on any atom is -0.395 e. The van der Waals surface area contributed by atoms with Crippen molar-refractivity contribution in [1.29, 1.82) is 0 Å². The molecular weight excluding hydrogens is 200 g/mol. The number of benzene rings is 1. The van der Waals surface area contributed by atoms with Crippen molar-refractivity contribution in [3.8, 4) is 0 Å². The molecule has 0 atom stereocenters. The standard InChI is InChI=1S/C13H16N2O/c1-2-15(9-10-16)13-8-7-11-5-3-4-6-12(11)14-13/h3-8,16H,2,9-10H2,1H3. The van der Waals surface area contributed by atoms with Crippen LogP contribution in [0.1, 0.15) is 6.92 Å². The molecule has 2 aromatic rings. The first-order chi connectivity index (χ1) is 7.85. The highest BCUT2D eigenvalue weighted by Crippen LogP contribution is 2.17. The summed E-state index contributed by atoms with van der Waals surface area (Å²) in [7, 11) is 0. The molecule has 1 N–H and O–H groups in total. The number of likely N-dealkylation sites (N-methyl/N-ethyl adjacent to an activating group) is 1. The van der Waals surface area contributed by atoms with Gasteiger partial charge in [0.05, 0.1) is 12.1 Å². The normalized spacial score (nSPS) is 10.6. The minimum atomic E-state index is 0.155. The average molecular weight is 216 g/mol. The van der Waals surface area contributed by atoms with E-state index in [1.54, 1.807) is 0 Å². The SMILES string of the molecule is CCN(CCO)c1ccc2ccccc2n1. The average Bonchev–Trinajstić information content (AvgIpc) is 2.35. The molecule has 0 aliphatic carbocycles.